The quantitative estimate of drug-likeness (QED) is 0.778. The zero-order chi connectivity index (χ0) is 17.1. The maximum absolute atomic E-state index is 5.45. The lowest BCUT2D eigenvalue weighted by molar-refractivity contribution is 0.0326. The van der Waals surface area contributed by atoms with Crippen molar-refractivity contribution in [1.82, 2.24) is 24.6 Å². The Kier molecular flexibility index (Phi) is 4.63. The van der Waals surface area contributed by atoms with Gasteiger partial charge in [0.25, 0.3) is 0 Å². The SMILES string of the molecule is CC(CN1CCOCC1)n1cncc1-c1cn[nH]c1-c1ccccc1. The fourth-order valence-electron chi connectivity index (χ4n) is 3.42. The van der Waals surface area contributed by atoms with E-state index in [1.807, 2.05) is 36.9 Å². The van der Waals surface area contributed by atoms with Crippen LogP contribution >= 0.6 is 0 Å². The van der Waals surface area contributed by atoms with Crippen LogP contribution in [-0.2, 0) is 4.74 Å². The zero-order valence-electron chi connectivity index (χ0n) is 14.4. The Hall–Kier alpha value is -2.44. The smallest absolute Gasteiger partial charge is 0.0953 e. The summed E-state index contributed by atoms with van der Waals surface area (Å²) in [6, 6.07) is 10.6. The molecular weight excluding hydrogens is 314 g/mol. The topological polar surface area (TPSA) is 59.0 Å². The van der Waals surface area contributed by atoms with Gasteiger partial charge < -0.3 is 9.30 Å². The van der Waals surface area contributed by atoms with E-state index in [2.05, 4.69) is 43.7 Å². The van der Waals surface area contributed by atoms with E-state index in [-0.39, 0.29) is 0 Å². The summed E-state index contributed by atoms with van der Waals surface area (Å²) in [6.07, 6.45) is 5.73. The van der Waals surface area contributed by atoms with E-state index in [9.17, 15) is 0 Å². The second kappa shape index (κ2) is 7.21. The molecule has 6 heteroatoms. The Labute approximate surface area is 147 Å². The number of aromatic amines is 1. The van der Waals surface area contributed by atoms with Crippen molar-refractivity contribution in [3.05, 3.63) is 49.1 Å². The van der Waals surface area contributed by atoms with Crippen molar-refractivity contribution in [3.8, 4) is 22.5 Å². The third-order valence-electron chi connectivity index (χ3n) is 4.74. The molecule has 0 aliphatic carbocycles. The third kappa shape index (κ3) is 3.36. The molecule has 4 rings (SSSR count). The first-order chi connectivity index (χ1) is 12.3. The minimum absolute atomic E-state index is 0.328. The van der Waals surface area contributed by atoms with Crippen LogP contribution in [0, 0.1) is 0 Å². The first-order valence-electron chi connectivity index (χ1n) is 8.74. The van der Waals surface area contributed by atoms with E-state index < -0.39 is 0 Å². The van der Waals surface area contributed by atoms with Gasteiger partial charge in [-0.15, -0.1) is 0 Å². The fourth-order valence-corrected chi connectivity index (χ4v) is 3.42. The molecule has 1 aliphatic rings. The number of benzene rings is 1. The lowest BCUT2D eigenvalue weighted by Gasteiger charge is -2.30. The van der Waals surface area contributed by atoms with Gasteiger partial charge >= 0.3 is 0 Å². The van der Waals surface area contributed by atoms with Gasteiger partial charge in [0, 0.05) is 36.8 Å². The van der Waals surface area contributed by atoms with E-state index in [4.69, 9.17) is 4.74 Å². The standard InChI is InChI=1S/C19H23N5O/c1-15(13-23-7-9-25-10-8-23)24-14-20-12-18(24)17-11-21-22-19(17)16-5-3-2-4-6-16/h2-6,11-12,14-15H,7-10,13H2,1H3,(H,21,22). The molecule has 3 heterocycles. The van der Waals surface area contributed by atoms with Crippen molar-refractivity contribution in [3.63, 3.8) is 0 Å². The number of rotatable bonds is 5. The summed E-state index contributed by atoms with van der Waals surface area (Å²) in [7, 11) is 0. The molecule has 1 atom stereocenters. The summed E-state index contributed by atoms with van der Waals surface area (Å²) in [5, 5.41) is 7.42. The molecule has 1 saturated heterocycles. The summed E-state index contributed by atoms with van der Waals surface area (Å²) < 4.78 is 7.69. The summed E-state index contributed by atoms with van der Waals surface area (Å²) in [4.78, 5) is 6.85. The van der Waals surface area contributed by atoms with E-state index in [1.54, 1.807) is 0 Å². The van der Waals surface area contributed by atoms with Crippen molar-refractivity contribution < 1.29 is 4.74 Å². The number of morpholine rings is 1. The number of imidazole rings is 1. The van der Waals surface area contributed by atoms with Crippen LogP contribution in [0.3, 0.4) is 0 Å². The van der Waals surface area contributed by atoms with Crippen molar-refractivity contribution in [2.75, 3.05) is 32.8 Å². The summed E-state index contributed by atoms with van der Waals surface area (Å²) in [6.45, 7) is 6.87. The van der Waals surface area contributed by atoms with Gasteiger partial charge in [-0.1, -0.05) is 30.3 Å². The van der Waals surface area contributed by atoms with Crippen LogP contribution in [0.1, 0.15) is 13.0 Å². The second-order valence-corrected chi connectivity index (χ2v) is 6.47. The van der Waals surface area contributed by atoms with Gasteiger partial charge in [-0.25, -0.2) is 4.98 Å². The molecule has 0 saturated carbocycles. The van der Waals surface area contributed by atoms with Gasteiger partial charge in [0.15, 0.2) is 0 Å². The maximum Gasteiger partial charge on any atom is 0.0953 e. The van der Waals surface area contributed by atoms with Crippen molar-refractivity contribution in [1.29, 1.82) is 0 Å². The van der Waals surface area contributed by atoms with Gasteiger partial charge in [0.1, 0.15) is 0 Å². The highest BCUT2D eigenvalue weighted by atomic mass is 16.5. The number of H-pyrrole nitrogens is 1. The zero-order valence-corrected chi connectivity index (χ0v) is 14.4. The molecule has 0 spiro atoms. The first kappa shape index (κ1) is 16.1. The van der Waals surface area contributed by atoms with E-state index >= 15 is 0 Å². The van der Waals surface area contributed by atoms with Gasteiger partial charge in [0.05, 0.1) is 43.3 Å². The van der Waals surface area contributed by atoms with Crippen molar-refractivity contribution in [2.45, 2.75) is 13.0 Å². The van der Waals surface area contributed by atoms with Crippen molar-refractivity contribution >= 4 is 0 Å². The van der Waals surface area contributed by atoms with Gasteiger partial charge in [-0.3, -0.25) is 10.00 Å². The predicted octanol–water partition coefficient (Wildman–Crippen LogP) is 2.83. The average Bonchev–Trinajstić information content (AvgIpc) is 3.32. The normalized spacial score (nSPS) is 16.8. The number of nitrogens with one attached hydrogen (secondary N) is 1. The number of ether oxygens (including phenoxy) is 1. The summed E-state index contributed by atoms with van der Waals surface area (Å²) in [5.41, 5.74) is 4.33. The Morgan fingerprint density at radius 3 is 2.76 bits per heavy atom. The number of hydrogen-bond donors (Lipinski definition) is 1. The van der Waals surface area contributed by atoms with Gasteiger partial charge in [-0.05, 0) is 6.92 Å². The maximum atomic E-state index is 5.45. The Balaban J connectivity index is 1.61. The molecule has 2 aromatic heterocycles. The molecule has 3 aromatic rings. The molecule has 1 unspecified atom stereocenters. The second-order valence-electron chi connectivity index (χ2n) is 6.47. The van der Waals surface area contributed by atoms with Crippen LogP contribution in [0.15, 0.2) is 49.1 Å². The van der Waals surface area contributed by atoms with Crippen LogP contribution in [0.5, 0.6) is 0 Å². The lowest BCUT2D eigenvalue weighted by Crippen LogP contribution is -2.39. The molecular formula is C19H23N5O. The van der Waals surface area contributed by atoms with Crippen LogP contribution in [-0.4, -0.2) is 57.5 Å². The largest absolute Gasteiger partial charge is 0.379 e. The monoisotopic (exact) mass is 337 g/mol. The molecule has 0 radical (unpaired) electrons. The molecule has 25 heavy (non-hydrogen) atoms. The lowest BCUT2D eigenvalue weighted by atomic mass is 10.1. The van der Waals surface area contributed by atoms with Crippen LogP contribution in [0.4, 0.5) is 0 Å². The predicted molar refractivity (Wildman–Crippen MR) is 97.2 cm³/mol. The van der Waals surface area contributed by atoms with E-state index in [0.29, 0.717) is 6.04 Å². The number of aromatic nitrogens is 4. The van der Waals surface area contributed by atoms with Crippen LogP contribution in [0.25, 0.3) is 22.5 Å². The number of nitrogens with zero attached hydrogens (tertiary/aromatic N) is 4. The van der Waals surface area contributed by atoms with Gasteiger partial charge in [0.2, 0.25) is 0 Å². The summed E-state index contributed by atoms with van der Waals surface area (Å²) in [5.74, 6) is 0. The number of hydrogen-bond acceptors (Lipinski definition) is 4. The molecule has 1 fully saturated rings. The van der Waals surface area contributed by atoms with E-state index in [1.165, 1.54) is 0 Å². The van der Waals surface area contributed by atoms with E-state index in [0.717, 1.165) is 55.4 Å². The van der Waals surface area contributed by atoms with Crippen molar-refractivity contribution in [2.24, 2.45) is 0 Å². The average molecular weight is 337 g/mol. The fraction of sp³-hybridized carbons (Fsp3) is 0.368. The summed E-state index contributed by atoms with van der Waals surface area (Å²) >= 11 is 0. The molecule has 0 amide bonds. The molecule has 1 aromatic carbocycles. The Morgan fingerprint density at radius 1 is 1.16 bits per heavy atom. The molecule has 130 valence electrons. The molecule has 1 aliphatic heterocycles. The minimum atomic E-state index is 0.328. The highest BCUT2D eigenvalue weighted by Crippen LogP contribution is 2.31. The van der Waals surface area contributed by atoms with Gasteiger partial charge in [-0.2, -0.15) is 5.10 Å². The first-order valence-corrected chi connectivity index (χ1v) is 8.74. The highest BCUT2D eigenvalue weighted by Gasteiger charge is 2.19. The Morgan fingerprint density at radius 2 is 1.96 bits per heavy atom. The van der Waals surface area contributed by atoms with Crippen LogP contribution in [0.2, 0.25) is 0 Å². The Bertz CT molecular complexity index is 804. The molecule has 0 bridgehead atoms. The highest BCUT2D eigenvalue weighted by molar-refractivity contribution is 5.78. The molecule has 1 N–H and O–H groups in total. The van der Waals surface area contributed by atoms with Crippen LogP contribution < -0.4 is 0 Å². The third-order valence-corrected chi connectivity index (χ3v) is 4.74. The minimum Gasteiger partial charge on any atom is -0.379 e. The molecule has 6 nitrogen and oxygen atoms in total.